The number of ether oxygens (including phenoxy) is 1. The minimum Gasteiger partial charge on any atom is -0.379 e. The zero-order chi connectivity index (χ0) is 15.8. The van der Waals surface area contributed by atoms with Crippen LogP contribution in [-0.4, -0.2) is 37.7 Å². The minimum absolute atomic E-state index is 0.0936. The number of carbonyl (C=O) groups excluding carboxylic acids is 1. The first-order valence-corrected chi connectivity index (χ1v) is 7.49. The Hall–Kier alpha value is -1.62. The van der Waals surface area contributed by atoms with Crippen LogP contribution < -0.4 is 10.6 Å². The predicted octanol–water partition coefficient (Wildman–Crippen LogP) is 2.65. The lowest BCUT2D eigenvalue weighted by molar-refractivity contribution is 0.0886. The van der Waals surface area contributed by atoms with Gasteiger partial charge >= 0.3 is 0 Å². The molecular formula is C16H27N3O2. The molecule has 1 heterocycles. The van der Waals surface area contributed by atoms with Gasteiger partial charge in [0.2, 0.25) is 0 Å². The van der Waals surface area contributed by atoms with E-state index in [2.05, 4.69) is 43.3 Å². The third-order valence-corrected chi connectivity index (χ3v) is 2.94. The van der Waals surface area contributed by atoms with Crippen molar-refractivity contribution in [2.24, 2.45) is 5.92 Å². The quantitative estimate of drug-likeness (QED) is 0.723. The van der Waals surface area contributed by atoms with Gasteiger partial charge in [-0.2, -0.15) is 0 Å². The molecule has 0 saturated carbocycles. The highest BCUT2D eigenvalue weighted by Gasteiger charge is 2.11. The molecule has 0 fully saturated rings. The molecule has 21 heavy (non-hydrogen) atoms. The summed E-state index contributed by atoms with van der Waals surface area (Å²) in [5.74, 6) is 1.40. The van der Waals surface area contributed by atoms with E-state index in [4.69, 9.17) is 4.74 Å². The Morgan fingerprint density at radius 1 is 1.29 bits per heavy atom. The number of hydrogen-bond donors (Lipinski definition) is 2. The molecule has 0 bridgehead atoms. The molecule has 0 radical (unpaired) electrons. The second kappa shape index (κ2) is 8.62. The maximum Gasteiger partial charge on any atom is 0.251 e. The van der Waals surface area contributed by atoms with Crippen molar-refractivity contribution in [3.8, 4) is 0 Å². The van der Waals surface area contributed by atoms with Crippen molar-refractivity contribution in [3.05, 3.63) is 23.4 Å². The van der Waals surface area contributed by atoms with E-state index in [0.717, 1.165) is 5.69 Å². The van der Waals surface area contributed by atoms with Crippen LogP contribution in [0.25, 0.3) is 0 Å². The Morgan fingerprint density at radius 3 is 2.57 bits per heavy atom. The highest BCUT2D eigenvalue weighted by molar-refractivity contribution is 5.95. The standard InChI is InChI=1S/C16H27N3O2/c1-11(2)10-21-7-6-18-16(20)13-8-14(12(3)4)19-15(9-13)17-5/h8-9,11-12H,6-7,10H2,1-5H3,(H,17,19)(H,18,20). The van der Waals surface area contributed by atoms with Crippen LogP contribution in [0.1, 0.15) is 49.7 Å². The fraction of sp³-hybridized carbons (Fsp3) is 0.625. The van der Waals surface area contributed by atoms with Gasteiger partial charge in [0.1, 0.15) is 5.82 Å². The van der Waals surface area contributed by atoms with Gasteiger partial charge in [-0.25, -0.2) is 4.98 Å². The average Bonchev–Trinajstić information content (AvgIpc) is 2.45. The van der Waals surface area contributed by atoms with Crippen LogP contribution >= 0.6 is 0 Å². The molecule has 0 aliphatic carbocycles. The molecule has 0 saturated heterocycles. The number of nitrogens with zero attached hydrogens (tertiary/aromatic N) is 1. The van der Waals surface area contributed by atoms with Gasteiger partial charge in [0.25, 0.3) is 5.91 Å². The van der Waals surface area contributed by atoms with Crippen LogP contribution in [0.5, 0.6) is 0 Å². The molecule has 0 aliphatic rings. The van der Waals surface area contributed by atoms with Crippen molar-refractivity contribution >= 4 is 11.7 Å². The summed E-state index contributed by atoms with van der Waals surface area (Å²) in [6.07, 6.45) is 0. The lowest BCUT2D eigenvalue weighted by Gasteiger charge is -2.12. The van der Waals surface area contributed by atoms with Gasteiger partial charge in [-0.1, -0.05) is 27.7 Å². The smallest absolute Gasteiger partial charge is 0.251 e. The van der Waals surface area contributed by atoms with Crippen LogP contribution in [0, 0.1) is 5.92 Å². The average molecular weight is 293 g/mol. The number of rotatable bonds is 8. The summed E-state index contributed by atoms with van der Waals surface area (Å²) >= 11 is 0. The molecule has 2 N–H and O–H groups in total. The molecule has 0 spiro atoms. The van der Waals surface area contributed by atoms with E-state index in [-0.39, 0.29) is 11.8 Å². The van der Waals surface area contributed by atoms with Gasteiger partial charge in [-0.15, -0.1) is 0 Å². The van der Waals surface area contributed by atoms with Gasteiger partial charge in [0.15, 0.2) is 0 Å². The largest absolute Gasteiger partial charge is 0.379 e. The molecule has 118 valence electrons. The third kappa shape index (κ3) is 6.12. The maximum atomic E-state index is 12.2. The van der Waals surface area contributed by atoms with Gasteiger partial charge in [-0.3, -0.25) is 4.79 Å². The van der Waals surface area contributed by atoms with E-state index in [9.17, 15) is 4.79 Å². The molecule has 0 aliphatic heterocycles. The molecule has 0 atom stereocenters. The summed E-state index contributed by atoms with van der Waals surface area (Å²) < 4.78 is 5.45. The van der Waals surface area contributed by atoms with Crippen molar-refractivity contribution in [1.82, 2.24) is 10.3 Å². The monoisotopic (exact) mass is 293 g/mol. The van der Waals surface area contributed by atoms with Gasteiger partial charge in [0, 0.05) is 31.5 Å². The molecule has 5 heteroatoms. The molecule has 5 nitrogen and oxygen atoms in total. The number of nitrogens with one attached hydrogen (secondary N) is 2. The molecule has 1 aromatic rings. The Balaban J connectivity index is 2.59. The predicted molar refractivity (Wildman–Crippen MR) is 85.9 cm³/mol. The van der Waals surface area contributed by atoms with Crippen molar-refractivity contribution in [2.75, 3.05) is 32.1 Å². The first-order chi connectivity index (χ1) is 9.93. The van der Waals surface area contributed by atoms with Gasteiger partial charge in [0.05, 0.1) is 6.61 Å². The van der Waals surface area contributed by atoms with Crippen molar-refractivity contribution in [1.29, 1.82) is 0 Å². The van der Waals surface area contributed by atoms with E-state index < -0.39 is 0 Å². The van der Waals surface area contributed by atoms with Gasteiger partial charge < -0.3 is 15.4 Å². The lowest BCUT2D eigenvalue weighted by Crippen LogP contribution is -2.28. The Labute approximate surface area is 127 Å². The second-order valence-corrected chi connectivity index (χ2v) is 5.80. The first-order valence-electron chi connectivity index (χ1n) is 7.49. The van der Waals surface area contributed by atoms with Crippen LogP contribution in [0.3, 0.4) is 0 Å². The Bertz CT molecular complexity index is 459. The van der Waals surface area contributed by atoms with Crippen LogP contribution in [0.4, 0.5) is 5.82 Å². The zero-order valence-electron chi connectivity index (χ0n) is 13.7. The molecule has 1 amide bonds. The summed E-state index contributed by atoms with van der Waals surface area (Å²) in [6, 6.07) is 3.60. The highest BCUT2D eigenvalue weighted by atomic mass is 16.5. The van der Waals surface area contributed by atoms with Crippen LogP contribution in [0.15, 0.2) is 12.1 Å². The van der Waals surface area contributed by atoms with Crippen molar-refractivity contribution in [3.63, 3.8) is 0 Å². The summed E-state index contributed by atoms with van der Waals surface area (Å²) in [7, 11) is 1.80. The molecule has 1 aromatic heterocycles. The molecule has 0 aromatic carbocycles. The fourth-order valence-electron chi connectivity index (χ4n) is 1.76. The van der Waals surface area contributed by atoms with Crippen molar-refractivity contribution in [2.45, 2.75) is 33.6 Å². The SMILES string of the molecule is CNc1cc(C(=O)NCCOCC(C)C)cc(C(C)C)n1. The van der Waals surface area contributed by atoms with E-state index in [0.29, 0.717) is 37.1 Å². The maximum absolute atomic E-state index is 12.2. The second-order valence-electron chi connectivity index (χ2n) is 5.80. The number of hydrogen-bond acceptors (Lipinski definition) is 4. The van der Waals surface area contributed by atoms with Crippen LogP contribution in [0.2, 0.25) is 0 Å². The normalized spacial score (nSPS) is 11.0. The number of carbonyl (C=O) groups is 1. The number of pyridine rings is 1. The minimum atomic E-state index is -0.0936. The first kappa shape index (κ1) is 17.4. The molecule has 0 unspecified atom stereocenters. The van der Waals surface area contributed by atoms with Crippen molar-refractivity contribution < 1.29 is 9.53 Å². The van der Waals surface area contributed by atoms with E-state index in [1.807, 2.05) is 6.07 Å². The zero-order valence-corrected chi connectivity index (χ0v) is 13.7. The summed E-state index contributed by atoms with van der Waals surface area (Å²) in [5, 5.41) is 5.86. The summed E-state index contributed by atoms with van der Waals surface area (Å²) in [4.78, 5) is 16.6. The van der Waals surface area contributed by atoms with Crippen LogP contribution in [-0.2, 0) is 4.74 Å². The fourth-order valence-corrected chi connectivity index (χ4v) is 1.76. The third-order valence-electron chi connectivity index (χ3n) is 2.94. The van der Waals surface area contributed by atoms with E-state index in [1.165, 1.54) is 0 Å². The summed E-state index contributed by atoms with van der Waals surface area (Å²) in [6.45, 7) is 10.1. The topological polar surface area (TPSA) is 63.2 Å². The Kier molecular flexibility index (Phi) is 7.15. The molecule has 1 rings (SSSR count). The van der Waals surface area contributed by atoms with Gasteiger partial charge in [-0.05, 0) is 24.0 Å². The van der Waals surface area contributed by atoms with E-state index >= 15 is 0 Å². The number of anilines is 1. The van der Waals surface area contributed by atoms with E-state index in [1.54, 1.807) is 13.1 Å². The highest BCUT2D eigenvalue weighted by Crippen LogP contribution is 2.17. The number of aromatic nitrogens is 1. The molecular weight excluding hydrogens is 266 g/mol. The lowest BCUT2D eigenvalue weighted by atomic mass is 10.1. The number of amides is 1. The Morgan fingerprint density at radius 2 is 2.00 bits per heavy atom. The summed E-state index contributed by atoms with van der Waals surface area (Å²) in [5.41, 5.74) is 1.53.